The van der Waals surface area contributed by atoms with E-state index in [4.69, 9.17) is 0 Å². The Kier molecular flexibility index (Phi) is 3.74. The van der Waals surface area contributed by atoms with Gasteiger partial charge >= 0.3 is 6.18 Å². The second-order valence-electron chi connectivity index (χ2n) is 6.26. The monoisotopic (exact) mass is 328 g/mol. The van der Waals surface area contributed by atoms with E-state index < -0.39 is 17.8 Å². The Balaban J connectivity index is 1.99. The molecule has 8 heteroatoms. The molecule has 0 spiro atoms. The zero-order valence-electron chi connectivity index (χ0n) is 13.3. The number of nitrogens with zero attached hydrogens (tertiary/aromatic N) is 4. The van der Waals surface area contributed by atoms with Crippen LogP contribution in [0.1, 0.15) is 19.4 Å². The van der Waals surface area contributed by atoms with Gasteiger partial charge in [-0.05, 0) is 19.9 Å². The van der Waals surface area contributed by atoms with Crippen molar-refractivity contribution in [3.8, 4) is 0 Å². The van der Waals surface area contributed by atoms with Crippen molar-refractivity contribution in [1.29, 1.82) is 0 Å². The van der Waals surface area contributed by atoms with Gasteiger partial charge in [0, 0.05) is 38.9 Å². The van der Waals surface area contributed by atoms with Gasteiger partial charge in [0.25, 0.3) is 5.91 Å². The third-order valence-corrected chi connectivity index (χ3v) is 4.57. The molecular weight excluding hydrogens is 309 g/mol. The molecule has 3 rings (SSSR count). The minimum Gasteiger partial charge on any atom is -0.340 e. The summed E-state index contributed by atoms with van der Waals surface area (Å²) in [7, 11) is 1.51. The molecule has 1 aromatic heterocycles. The second kappa shape index (κ2) is 5.36. The smallest absolute Gasteiger partial charge is 0.340 e. The minimum atomic E-state index is -4.47. The van der Waals surface area contributed by atoms with Crippen LogP contribution in [-0.4, -0.2) is 54.6 Å². The van der Waals surface area contributed by atoms with Crippen molar-refractivity contribution >= 4 is 17.4 Å². The summed E-state index contributed by atoms with van der Waals surface area (Å²) in [6.07, 6.45) is -3.63. The lowest BCUT2D eigenvalue weighted by atomic mass is 10.0. The summed E-state index contributed by atoms with van der Waals surface area (Å²) < 4.78 is 38.7. The van der Waals surface area contributed by atoms with Gasteiger partial charge in [0.2, 0.25) is 0 Å². The number of fused-ring (bicyclic) bond motifs is 3. The number of carbonyl (C=O) groups excluding carboxylic acids is 1. The lowest BCUT2D eigenvalue weighted by Crippen LogP contribution is -2.63. The van der Waals surface area contributed by atoms with E-state index >= 15 is 0 Å². The van der Waals surface area contributed by atoms with E-state index in [1.807, 2.05) is 4.90 Å². The predicted molar refractivity (Wildman–Crippen MR) is 80.5 cm³/mol. The molecule has 5 nitrogen and oxygen atoms in total. The molecule has 1 aromatic rings. The van der Waals surface area contributed by atoms with Crippen LogP contribution < -0.4 is 9.80 Å². The standard InChI is InChI=1S/C15H19F3N4O/c1-9(2)21-4-5-22-12(8-21)14(23)20(3)11-6-10(15(16,17)18)7-19-13(11)22/h6-7,9,12H,4-5,8H2,1-3H3. The van der Waals surface area contributed by atoms with Crippen LogP contribution in [0.3, 0.4) is 0 Å². The number of aromatic nitrogens is 1. The second-order valence-corrected chi connectivity index (χ2v) is 6.26. The van der Waals surface area contributed by atoms with Crippen molar-refractivity contribution in [3.63, 3.8) is 0 Å². The maximum Gasteiger partial charge on any atom is 0.417 e. The molecule has 0 saturated carbocycles. The summed E-state index contributed by atoms with van der Waals surface area (Å²) in [5, 5.41) is 0. The number of hydrogen-bond acceptors (Lipinski definition) is 4. The Bertz CT molecular complexity index is 632. The summed E-state index contributed by atoms with van der Waals surface area (Å²) in [6, 6.07) is 0.927. The van der Waals surface area contributed by atoms with Crippen molar-refractivity contribution in [2.24, 2.45) is 0 Å². The maximum absolute atomic E-state index is 12.9. The first-order chi connectivity index (χ1) is 10.7. The van der Waals surface area contributed by atoms with Gasteiger partial charge < -0.3 is 9.80 Å². The number of alkyl halides is 3. The lowest BCUT2D eigenvalue weighted by molar-refractivity contribution is -0.137. The molecule has 23 heavy (non-hydrogen) atoms. The van der Waals surface area contributed by atoms with E-state index in [9.17, 15) is 18.0 Å². The molecule has 0 aliphatic carbocycles. The van der Waals surface area contributed by atoms with Crippen molar-refractivity contribution in [2.45, 2.75) is 32.1 Å². The Labute approximate surface area is 132 Å². The molecule has 0 aromatic carbocycles. The first-order valence-electron chi connectivity index (χ1n) is 7.55. The van der Waals surface area contributed by atoms with Crippen LogP contribution in [0.2, 0.25) is 0 Å². The molecule has 0 bridgehead atoms. The number of pyridine rings is 1. The quantitative estimate of drug-likeness (QED) is 0.790. The van der Waals surface area contributed by atoms with Crippen LogP contribution in [0.5, 0.6) is 0 Å². The Morgan fingerprint density at radius 3 is 2.61 bits per heavy atom. The number of hydrogen-bond donors (Lipinski definition) is 0. The molecule has 1 fully saturated rings. The van der Waals surface area contributed by atoms with Gasteiger partial charge in [-0.1, -0.05) is 0 Å². The zero-order valence-corrected chi connectivity index (χ0v) is 13.3. The van der Waals surface area contributed by atoms with Crippen molar-refractivity contribution in [3.05, 3.63) is 17.8 Å². The van der Waals surface area contributed by atoms with Gasteiger partial charge in [0.1, 0.15) is 6.04 Å². The summed E-state index contributed by atoms with van der Waals surface area (Å²) >= 11 is 0. The van der Waals surface area contributed by atoms with E-state index in [0.29, 0.717) is 24.9 Å². The number of piperazine rings is 1. The van der Waals surface area contributed by atoms with Crippen molar-refractivity contribution in [2.75, 3.05) is 36.5 Å². The molecule has 0 N–H and O–H groups in total. The van der Waals surface area contributed by atoms with Gasteiger partial charge in [-0.3, -0.25) is 9.69 Å². The molecule has 2 aliphatic rings. The molecule has 2 aliphatic heterocycles. The first kappa shape index (κ1) is 16.0. The third-order valence-electron chi connectivity index (χ3n) is 4.57. The molecule has 126 valence electrons. The van der Waals surface area contributed by atoms with E-state index in [-0.39, 0.29) is 11.6 Å². The predicted octanol–water partition coefficient (Wildman–Crippen LogP) is 1.98. The average Bonchev–Trinajstić information content (AvgIpc) is 2.50. The number of amides is 1. The summed E-state index contributed by atoms with van der Waals surface area (Å²) in [4.78, 5) is 21.9. The highest BCUT2D eigenvalue weighted by Gasteiger charge is 2.42. The van der Waals surface area contributed by atoms with Gasteiger partial charge in [0.05, 0.1) is 11.3 Å². The lowest BCUT2D eigenvalue weighted by Gasteiger charge is -2.47. The number of carbonyl (C=O) groups is 1. The van der Waals surface area contributed by atoms with Crippen LogP contribution in [0, 0.1) is 0 Å². The molecule has 3 heterocycles. The van der Waals surface area contributed by atoms with Crippen LogP contribution in [0.25, 0.3) is 0 Å². The Morgan fingerprint density at radius 1 is 1.30 bits per heavy atom. The molecule has 1 saturated heterocycles. The average molecular weight is 328 g/mol. The fraction of sp³-hybridized carbons (Fsp3) is 0.600. The van der Waals surface area contributed by atoms with Crippen LogP contribution >= 0.6 is 0 Å². The minimum absolute atomic E-state index is 0.191. The topological polar surface area (TPSA) is 39.7 Å². The largest absolute Gasteiger partial charge is 0.417 e. The van der Waals surface area contributed by atoms with Gasteiger partial charge in [-0.2, -0.15) is 13.2 Å². The van der Waals surface area contributed by atoms with E-state index in [0.717, 1.165) is 18.8 Å². The van der Waals surface area contributed by atoms with Gasteiger partial charge in [0.15, 0.2) is 5.82 Å². The third kappa shape index (κ3) is 2.65. The number of halogens is 3. The first-order valence-corrected chi connectivity index (χ1v) is 7.55. The summed E-state index contributed by atoms with van der Waals surface area (Å²) in [5.41, 5.74) is -0.616. The Hall–Kier alpha value is -1.83. The summed E-state index contributed by atoms with van der Waals surface area (Å²) in [5.74, 6) is 0.262. The fourth-order valence-corrected chi connectivity index (χ4v) is 3.15. The van der Waals surface area contributed by atoms with Crippen molar-refractivity contribution < 1.29 is 18.0 Å². The fourth-order valence-electron chi connectivity index (χ4n) is 3.15. The van der Waals surface area contributed by atoms with Crippen LogP contribution in [0.4, 0.5) is 24.7 Å². The highest BCUT2D eigenvalue weighted by Crippen LogP contribution is 2.39. The van der Waals surface area contributed by atoms with Crippen LogP contribution in [0.15, 0.2) is 12.3 Å². The van der Waals surface area contributed by atoms with E-state index in [2.05, 4.69) is 23.7 Å². The summed E-state index contributed by atoms with van der Waals surface area (Å²) in [6.45, 7) is 6.02. The normalized spacial score (nSPS) is 22.4. The highest BCUT2D eigenvalue weighted by molar-refractivity contribution is 6.04. The van der Waals surface area contributed by atoms with E-state index in [1.165, 1.54) is 11.9 Å². The zero-order chi connectivity index (χ0) is 16.9. The Morgan fingerprint density at radius 2 is 2.00 bits per heavy atom. The molecule has 0 radical (unpaired) electrons. The highest BCUT2D eigenvalue weighted by atomic mass is 19.4. The maximum atomic E-state index is 12.9. The van der Waals surface area contributed by atoms with Crippen LogP contribution in [-0.2, 0) is 11.0 Å². The van der Waals surface area contributed by atoms with Gasteiger partial charge in [-0.25, -0.2) is 4.98 Å². The molecule has 1 amide bonds. The van der Waals surface area contributed by atoms with E-state index in [1.54, 1.807) is 0 Å². The van der Waals surface area contributed by atoms with Gasteiger partial charge in [-0.15, -0.1) is 0 Å². The SMILES string of the molecule is CC(C)N1CCN2c3ncc(C(F)(F)F)cc3N(C)C(=O)C2C1. The van der Waals surface area contributed by atoms with Crippen molar-refractivity contribution in [1.82, 2.24) is 9.88 Å². The molecule has 1 atom stereocenters. The molecular formula is C15H19F3N4O. The number of rotatable bonds is 1. The molecule has 1 unspecified atom stereocenters. The number of likely N-dealkylation sites (N-methyl/N-ethyl adjacent to an activating group) is 1. The number of anilines is 2.